The van der Waals surface area contributed by atoms with Crippen LogP contribution in [0.3, 0.4) is 0 Å². The summed E-state index contributed by atoms with van der Waals surface area (Å²) in [5, 5.41) is 7.24. The van der Waals surface area contributed by atoms with Crippen LogP contribution in [0.2, 0.25) is 0 Å². The molecular formula is C53H37NO. The van der Waals surface area contributed by atoms with Crippen LogP contribution in [-0.4, -0.2) is 0 Å². The molecule has 1 aromatic heterocycles. The highest BCUT2D eigenvalue weighted by atomic mass is 16.3. The number of fused-ring (bicyclic) bond motifs is 11. The van der Waals surface area contributed by atoms with Crippen molar-refractivity contribution in [2.45, 2.75) is 19.3 Å². The van der Waals surface area contributed by atoms with Gasteiger partial charge in [0.05, 0.1) is 5.69 Å². The molecule has 260 valence electrons. The Hall–Kier alpha value is -6.90. The summed E-state index contributed by atoms with van der Waals surface area (Å²) < 4.78 is 7.09. The van der Waals surface area contributed by atoms with Crippen molar-refractivity contribution < 1.29 is 4.42 Å². The Labute approximate surface area is 320 Å². The van der Waals surface area contributed by atoms with Gasteiger partial charge in [-0.05, 0) is 97.4 Å². The Morgan fingerprint density at radius 3 is 1.82 bits per heavy atom. The van der Waals surface area contributed by atoms with E-state index >= 15 is 0 Å². The van der Waals surface area contributed by atoms with E-state index in [1.54, 1.807) is 0 Å². The molecule has 0 N–H and O–H groups in total. The molecule has 2 nitrogen and oxygen atoms in total. The van der Waals surface area contributed by atoms with Gasteiger partial charge in [-0.2, -0.15) is 0 Å². The van der Waals surface area contributed by atoms with E-state index in [0.29, 0.717) is 0 Å². The lowest BCUT2D eigenvalue weighted by Crippen LogP contribution is -2.16. The van der Waals surface area contributed by atoms with Crippen LogP contribution in [0.15, 0.2) is 192 Å². The zero-order chi connectivity index (χ0) is 36.7. The van der Waals surface area contributed by atoms with E-state index in [9.17, 15) is 0 Å². The lowest BCUT2D eigenvalue weighted by atomic mass is 9.79. The van der Waals surface area contributed by atoms with E-state index in [-0.39, 0.29) is 5.41 Å². The van der Waals surface area contributed by atoms with Crippen molar-refractivity contribution in [3.63, 3.8) is 0 Å². The Kier molecular flexibility index (Phi) is 6.93. The number of anilines is 3. The molecule has 0 atom stereocenters. The van der Waals surface area contributed by atoms with Crippen molar-refractivity contribution in [3.8, 4) is 33.4 Å². The van der Waals surface area contributed by atoms with Crippen molar-refractivity contribution >= 4 is 60.5 Å². The smallest absolute Gasteiger partial charge is 0.144 e. The van der Waals surface area contributed by atoms with Crippen LogP contribution >= 0.6 is 0 Å². The normalized spacial score (nSPS) is 13.1. The van der Waals surface area contributed by atoms with Gasteiger partial charge in [0.15, 0.2) is 0 Å². The van der Waals surface area contributed by atoms with Crippen molar-refractivity contribution in [1.29, 1.82) is 0 Å². The molecule has 55 heavy (non-hydrogen) atoms. The zero-order valence-electron chi connectivity index (χ0n) is 30.8. The maximum absolute atomic E-state index is 7.09. The molecule has 0 spiro atoms. The summed E-state index contributed by atoms with van der Waals surface area (Å²) in [5.41, 5.74) is 14.7. The largest absolute Gasteiger partial charge is 0.455 e. The van der Waals surface area contributed by atoms with Crippen LogP contribution in [0.5, 0.6) is 0 Å². The first-order chi connectivity index (χ1) is 27.0. The van der Waals surface area contributed by atoms with Crippen molar-refractivity contribution in [2.75, 3.05) is 4.90 Å². The fourth-order valence-electron chi connectivity index (χ4n) is 9.23. The van der Waals surface area contributed by atoms with E-state index in [4.69, 9.17) is 4.42 Å². The van der Waals surface area contributed by atoms with Gasteiger partial charge >= 0.3 is 0 Å². The first kappa shape index (κ1) is 31.6. The van der Waals surface area contributed by atoms with Gasteiger partial charge in [-0.3, -0.25) is 0 Å². The van der Waals surface area contributed by atoms with Crippen LogP contribution in [0, 0.1) is 0 Å². The second kappa shape index (κ2) is 12.1. The summed E-state index contributed by atoms with van der Waals surface area (Å²) in [6.45, 7) is 4.76. The molecule has 9 aromatic carbocycles. The molecule has 1 aliphatic rings. The average molecular weight is 704 g/mol. The molecule has 0 radical (unpaired) electrons. The average Bonchev–Trinajstić information content (AvgIpc) is 3.74. The molecule has 11 rings (SSSR count). The predicted molar refractivity (Wildman–Crippen MR) is 232 cm³/mol. The van der Waals surface area contributed by atoms with Gasteiger partial charge in [0.2, 0.25) is 0 Å². The molecule has 0 fully saturated rings. The molecule has 0 saturated carbocycles. The van der Waals surface area contributed by atoms with Gasteiger partial charge in [-0.15, -0.1) is 0 Å². The fraction of sp³-hybridized carbons (Fsp3) is 0.0566. The van der Waals surface area contributed by atoms with E-state index in [2.05, 4.69) is 207 Å². The van der Waals surface area contributed by atoms with Gasteiger partial charge in [0.25, 0.3) is 0 Å². The van der Waals surface area contributed by atoms with Gasteiger partial charge in [0.1, 0.15) is 11.2 Å². The van der Waals surface area contributed by atoms with Crippen molar-refractivity contribution in [3.05, 3.63) is 199 Å². The van der Waals surface area contributed by atoms with E-state index in [0.717, 1.165) is 33.6 Å². The standard InChI is InChI=1S/C53H37NO/c1-53(2)45-22-13-23-46(54(41-30-26-36-18-9-10-19-38(36)32-41)40-28-24-37(25-29-40)34-14-5-3-6-15-34)49(45)50-51(53)43-21-12-11-20-42(43)48-44-33-39(35-16-7-4-8-17-35)27-31-47(44)55-52(48)50/h3-33H,1-2H3. The lowest BCUT2D eigenvalue weighted by Gasteiger charge is -2.29. The second-order valence-corrected chi connectivity index (χ2v) is 15.3. The molecule has 1 aliphatic carbocycles. The first-order valence-electron chi connectivity index (χ1n) is 19.1. The minimum absolute atomic E-state index is 0.283. The quantitative estimate of drug-likeness (QED) is 0.177. The number of furan rings is 1. The van der Waals surface area contributed by atoms with Gasteiger partial charge in [0, 0.05) is 38.7 Å². The Bertz CT molecular complexity index is 3100. The molecular weight excluding hydrogens is 667 g/mol. The molecule has 10 aromatic rings. The van der Waals surface area contributed by atoms with Gasteiger partial charge in [-0.1, -0.05) is 159 Å². The van der Waals surface area contributed by atoms with Crippen LogP contribution in [0.1, 0.15) is 25.0 Å². The van der Waals surface area contributed by atoms with Gasteiger partial charge < -0.3 is 9.32 Å². The molecule has 0 aliphatic heterocycles. The minimum atomic E-state index is -0.283. The Morgan fingerprint density at radius 2 is 1.05 bits per heavy atom. The number of rotatable bonds is 5. The summed E-state index contributed by atoms with van der Waals surface area (Å²) in [4.78, 5) is 2.45. The minimum Gasteiger partial charge on any atom is -0.455 e. The SMILES string of the molecule is CC1(C)c2cccc(N(c3ccc(-c4ccccc4)cc3)c3ccc4ccccc4c3)c2-c2c1c1ccccc1c1c2oc2ccc(-c3ccccc3)cc21. The zero-order valence-corrected chi connectivity index (χ0v) is 30.8. The monoisotopic (exact) mass is 703 g/mol. The number of hydrogen-bond donors (Lipinski definition) is 0. The fourth-order valence-corrected chi connectivity index (χ4v) is 9.23. The highest BCUT2D eigenvalue weighted by molar-refractivity contribution is 6.26. The van der Waals surface area contributed by atoms with Gasteiger partial charge in [-0.25, -0.2) is 0 Å². The van der Waals surface area contributed by atoms with E-state index < -0.39 is 0 Å². The molecule has 0 saturated heterocycles. The Balaban J connectivity index is 1.21. The maximum Gasteiger partial charge on any atom is 0.144 e. The molecule has 1 heterocycles. The summed E-state index contributed by atoms with van der Waals surface area (Å²) >= 11 is 0. The van der Waals surface area contributed by atoms with Crippen LogP contribution in [0.4, 0.5) is 17.1 Å². The third-order valence-corrected chi connectivity index (χ3v) is 11.8. The third kappa shape index (κ3) is 4.81. The van der Waals surface area contributed by atoms with Crippen LogP contribution in [-0.2, 0) is 5.41 Å². The lowest BCUT2D eigenvalue weighted by molar-refractivity contribution is 0.658. The maximum atomic E-state index is 7.09. The summed E-state index contributed by atoms with van der Waals surface area (Å²) in [5.74, 6) is 0. The predicted octanol–water partition coefficient (Wildman–Crippen LogP) is 15.0. The highest BCUT2D eigenvalue weighted by Crippen LogP contribution is 2.59. The summed E-state index contributed by atoms with van der Waals surface area (Å²) in [6.07, 6.45) is 0. The number of nitrogens with zero attached hydrogens (tertiary/aromatic N) is 1. The molecule has 0 unspecified atom stereocenters. The van der Waals surface area contributed by atoms with Crippen LogP contribution in [0.25, 0.3) is 76.9 Å². The van der Waals surface area contributed by atoms with Crippen molar-refractivity contribution in [2.24, 2.45) is 0 Å². The molecule has 2 heteroatoms. The van der Waals surface area contributed by atoms with E-state index in [1.165, 1.54) is 71.4 Å². The number of hydrogen-bond acceptors (Lipinski definition) is 2. The van der Waals surface area contributed by atoms with E-state index in [1.807, 2.05) is 0 Å². The molecule has 0 amide bonds. The highest BCUT2D eigenvalue weighted by Gasteiger charge is 2.42. The first-order valence-corrected chi connectivity index (χ1v) is 19.1. The summed E-state index contributed by atoms with van der Waals surface area (Å²) in [7, 11) is 0. The third-order valence-electron chi connectivity index (χ3n) is 11.8. The Morgan fingerprint density at radius 1 is 0.436 bits per heavy atom. The second-order valence-electron chi connectivity index (χ2n) is 15.3. The topological polar surface area (TPSA) is 16.4 Å². The van der Waals surface area contributed by atoms with Crippen LogP contribution < -0.4 is 4.90 Å². The van der Waals surface area contributed by atoms with Crippen molar-refractivity contribution in [1.82, 2.24) is 0 Å². The molecule has 0 bridgehead atoms. The number of benzene rings is 9. The summed E-state index contributed by atoms with van der Waals surface area (Å²) in [6, 6.07) is 68.1.